The highest BCUT2D eigenvalue weighted by Gasteiger charge is 2.26. The van der Waals surface area contributed by atoms with Crippen LogP contribution in [0.4, 0.5) is 0 Å². The minimum absolute atomic E-state index is 0.132. The van der Waals surface area contributed by atoms with Crippen molar-refractivity contribution < 1.29 is 21.6 Å². The Morgan fingerprint density at radius 3 is 2.29 bits per heavy atom. The second kappa shape index (κ2) is 9.93. The van der Waals surface area contributed by atoms with Crippen molar-refractivity contribution in [1.82, 2.24) is 9.62 Å². The number of benzene rings is 2. The maximum Gasteiger partial charge on any atom is 0.243 e. The van der Waals surface area contributed by atoms with Crippen LogP contribution in [-0.2, 0) is 31.2 Å². The number of carbonyl (C=O) groups excluding carboxylic acids is 1. The van der Waals surface area contributed by atoms with Crippen molar-refractivity contribution >= 4 is 25.8 Å². The van der Waals surface area contributed by atoms with Crippen molar-refractivity contribution in [3.8, 4) is 0 Å². The van der Waals surface area contributed by atoms with Crippen LogP contribution < -0.4 is 5.32 Å². The van der Waals surface area contributed by atoms with Gasteiger partial charge < -0.3 is 5.32 Å². The third-order valence-electron chi connectivity index (χ3n) is 5.32. The molecule has 0 spiro atoms. The molecule has 0 saturated carbocycles. The van der Waals surface area contributed by atoms with E-state index in [1.54, 1.807) is 36.4 Å². The van der Waals surface area contributed by atoms with E-state index in [9.17, 15) is 21.6 Å². The van der Waals surface area contributed by atoms with Gasteiger partial charge in [-0.3, -0.25) is 4.79 Å². The van der Waals surface area contributed by atoms with E-state index >= 15 is 0 Å². The van der Waals surface area contributed by atoms with E-state index in [2.05, 4.69) is 5.32 Å². The Bertz CT molecular complexity index is 1120. The molecule has 7 nitrogen and oxygen atoms in total. The molecule has 9 heteroatoms. The van der Waals surface area contributed by atoms with E-state index in [0.29, 0.717) is 18.7 Å². The number of aryl methyl sites for hydroxylation is 1. The summed E-state index contributed by atoms with van der Waals surface area (Å²) in [6.07, 6.45) is 2.60. The highest BCUT2D eigenvalue weighted by atomic mass is 32.2. The molecule has 1 saturated heterocycles. The van der Waals surface area contributed by atoms with Crippen molar-refractivity contribution in [3.05, 3.63) is 59.7 Å². The van der Waals surface area contributed by atoms with E-state index in [1.165, 1.54) is 16.4 Å². The molecule has 0 aliphatic carbocycles. The van der Waals surface area contributed by atoms with Crippen LogP contribution in [0.1, 0.15) is 36.8 Å². The van der Waals surface area contributed by atoms with E-state index < -0.39 is 25.8 Å². The monoisotopic (exact) mass is 464 g/mol. The molecule has 0 aromatic heterocycles. The predicted octanol–water partition coefficient (Wildman–Crippen LogP) is 2.65. The molecule has 1 heterocycles. The Morgan fingerprint density at radius 1 is 0.935 bits per heavy atom. The van der Waals surface area contributed by atoms with Gasteiger partial charge in [0.05, 0.1) is 15.5 Å². The van der Waals surface area contributed by atoms with Gasteiger partial charge >= 0.3 is 0 Å². The lowest BCUT2D eigenvalue weighted by atomic mass is 10.2. The zero-order valence-electron chi connectivity index (χ0n) is 17.6. The Balaban J connectivity index is 1.57. The molecule has 2 aromatic carbocycles. The minimum atomic E-state index is -3.55. The fourth-order valence-corrected chi connectivity index (χ4v) is 6.28. The molecule has 1 amide bonds. The summed E-state index contributed by atoms with van der Waals surface area (Å²) in [5, 5.41) is 2.68. The second-order valence-corrected chi connectivity index (χ2v) is 11.8. The van der Waals surface area contributed by atoms with Crippen LogP contribution in [0.3, 0.4) is 0 Å². The molecule has 1 N–H and O–H groups in total. The van der Waals surface area contributed by atoms with E-state index in [0.717, 1.165) is 24.8 Å². The SMILES string of the molecule is Cc1ccc(S(=O)(=O)CCC(=O)NCc2cccc(S(=O)(=O)N3CCCCC3)c2)cc1. The molecule has 2 aromatic rings. The van der Waals surface area contributed by atoms with Gasteiger partial charge in [0.15, 0.2) is 9.84 Å². The number of nitrogens with one attached hydrogen (secondary N) is 1. The Labute approximate surface area is 184 Å². The Hall–Kier alpha value is -2.23. The summed E-state index contributed by atoms with van der Waals surface area (Å²) in [6.45, 7) is 3.06. The minimum Gasteiger partial charge on any atom is -0.352 e. The molecule has 1 aliphatic rings. The molecule has 3 rings (SSSR count). The maximum absolute atomic E-state index is 12.8. The number of hydrogen-bond donors (Lipinski definition) is 1. The first-order valence-corrected chi connectivity index (χ1v) is 13.4. The molecule has 1 aliphatic heterocycles. The summed E-state index contributed by atoms with van der Waals surface area (Å²) in [6, 6.07) is 13.0. The first kappa shape index (κ1) is 23.4. The summed E-state index contributed by atoms with van der Waals surface area (Å²) in [5.74, 6) is -0.689. The summed E-state index contributed by atoms with van der Waals surface area (Å²) < 4.78 is 51.9. The summed E-state index contributed by atoms with van der Waals surface area (Å²) >= 11 is 0. The summed E-state index contributed by atoms with van der Waals surface area (Å²) in [4.78, 5) is 12.6. The molecule has 168 valence electrons. The van der Waals surface area contributed by atoms with Crippen molar-refractivity contribution in [2.24, 2.45) is 0 Å². The lowest BCUT2D eigenvalue weighted by Gasteiger charge is -2.26. The lowest BCUT2D eigenvalue weighted by Crippen LogP contribution is -2.35. The number of sulfone groups is 1. The smallest absolute Gasteiger partial charge is 0.243 e. The van der Waals surface area contributed by atoms with Gasteiger partial charge in [-0.2, -0.15) is 4.31 Å². The predicted molar refractivity (Wildman–Crippen MR) is 119 cm³/mol. The Morgan fingerprint density at radius 2 is 1.61 bits per heavy atom. The highest BCUT2D eigenvalue weighted by molar-refractivity contribution is 7.91. The van der Waals surface area contributed by atoms with E-state index in [-0.39, 0.29) is 28.5 Å². The molecular weight excluding hydrogens is 436 g/mol. The quantitative estimate of drug-likeness (QED) is 0.647. The number of hydrogen-bond acceptors (Lipinski definition) is 5. The van der Waals surface area contributed by atoms with Gasteiger partial charge in [0.25, 0.3) is 0 Å². The number of carbonyl (C=O) groups is 1. The fourth-order valence-electron chi connectivity index (χ4n) is 3.45. The van der Waals surface area contributed by atoms with Crippen molar-refractivity contribution in [2.75, 3.05) is 18.8 Å². The number of piperidine rings is 1. The van der Waals surface area contributed by atoms with Crippen LogP contribution in [0.2, 0.25) is 0 Å². The van der Waals surface area contributed by atoms with Crippen LogP contribution in [0.5, 0.6) is 0 Å². The van der Waals surface area contributed by atoms with E-state index in [4.69, 9.17) is 0 Å². The van der Waals surface area contributed by atoms with Crippen LogP contribution >= 0.6 is 0 Å². The third-order valence-corrected chi connectivity index (χ3v) is 8.95. The van der Waals surface area contributed by atoms with Crippen LogP contribution in [0, 0.1) is 6.92 Å². The van der Waals surface area contributed by atoms with Crippen LogP contribution in [0.15, 0.2) is 58.3 Å². The highest BCUT2D eigenvalue weighted by Crippen LogP contribution is 2.21. The number of nitrogens with zero attached hydrogens (tertiary/aromatic N) is 1. The summed E-state index contributed by atoms with van der Waals surface area (Å²) in [5.41, 5.74) is 1.61. The van der Waals surface area contributed by atoms with Gasteiger partial charge in [-0.1, -0.05) is 36.2 Å². The van der Waals surface area contributed by atoms with Gasteiger partial charge in [-0.05, 0) is 49.6 Å². The first-order chi connectivity index (χ1) is 14.7. The van der Waals surface area contributed by atoms with Crippen molar-refractivity contribution in [3.63, 3.8) is 0 Å². The zero-order chi connectivity index (χ0) is 22.5. The zero-order valence-corrected chi connectivity index (χ0v) is 19.2. The molecule has 1 fully saturated rings. The van der Waals surface area contributed by atoms with Crippen LogP contribution in [0.25, 0.3) is 0 Å². The standard InChI is InChI=1S/C22H28N2O5S2/c1-18-8-10-20(11-9-18)30(26,27)15-12-22(25)23-17-19-6-5-7-21(16-19)31(28,29)24-13-3-2-4-14-24/h5-11,16H,2-4,12-15,17H2,1H3,(H,23,25). The number of rotatable bonds is 8. The number of sulfonamides is 1. The van der Waals surface area contributed by atoms with Crippen molar-refractivity contribution in [2.45, 2.75) is 48.9 Å². The van der Waals surface area contributed by atoms with Crippen LogP contribution in [-0.4, -0.2) is 45.9 Å². The molecule has 0 radical (unpaired) electrons. The van der Waals surface area contributed by atoms with Gasteiger partial charge in [0, 0.05) is 26.1 Å². The molecule has 0 atom stereocenters. The van der Waals surface area contributed by atoms with E-state index in [1.807, 2.05) is 6.92 Å². The van der Waals surface area contributed by atoms with Gasteiger partial charge in [0.1, 0.15) is 0 Å². The molecule has 0 unspecified atom stereocenters. The van der Waals surface area contributed by atoms with Crippen molar-refractivity contribution in [1.29, 1.82) is 0 Å². The second-order valence-electron chi connectivity index (χ2n) is 7.77. The molecular formula is C22H28N2O5S2. The first-order valence-electron chi connectivity index (χ1n) is 10.3. The third kappa shape index (κ3) is 6.15. The largest absolute Gasteiger partial charge is 0.352 e. The van der Waals surface area contributed by atoms with Gasteiger partial charge in [-0.25, -0.2) is 16.8 Å². The normalized spacial score (nSPS) is 15.5. The summed E-state index contributed by atoms with van der Waals surface area (Å²) in [7, 11) is -7.08. The maximum atomic E-state index is 12.8. The topological polar surface area (TPSA) is 101 Å². The average molecular weight is 465 g/mol. The Kier molecular flexibility index (Phi) is 7.51. The molecule has 0 bridgehead atoms. The lowest BCUT2D eigenvalue weighted by molar-refractivity contribution is -0.120. The molecule has 31 heavy (non-hydrogen) atoms. The van der Waals surface area contributed by atoms with Gasteiger partial charge in [0.2, 0.25) is 15.9 Å². The average Bonchev–Trinajstić information content (AvgIpc) is 2.77. The number of amides is 1. The fraction of sp³-hybridized carbons (Fsp3) is 0.409. The van der Waals surface area contributed by atoms with Gasteiger partial charge in [-0.15, -0.1) is 0 Å².